The fraction of sp³-hybridized carbons (Fsp3) is 0.619. The fourth-order valence-electron chi connectivity index (χ4n) is 4.31. The molecule has 2 aliphatic rings. The molecule has 0 spiro atoms. The van der Waals surface area contributed by atoms with Crippen LogP contribution in [0.15, 0.2) is 6.20 Å². The lowest BCUT2D eigenvalue weighted by Crippen LogP contribution is -2.42. The monoisotopic (exact) mass is 547 g/mol. The summed E-state index contributed by atoms with van der Waals surface area (Å²) >= 11 is 0.742. The average molecular weight is 548 g/mol. The van der Waals surface area contributed by atoms with Crippen molar-refractivity contribution in [3.63, 3.8) is 0 Å². The van der Waals surface area contributed by atoms with E-state index in [9.17, 15) is 26.0 Å². The lowest BCUT2D eigenvalue weighted by atomic mass is 9.99. The summed E-state index contributed by atoms with van der Waals surface area (Å²) in [5.41, 5.74) is -1.68. The van der Waals surface area contributed by atoms with E-state index in [4.69, 9.17) is 5.26 Å². The largest absolute Gasteiger partial charge is 0.434 e. The summed E-state index contributed by atoms with van der Waals surface area (Å²) in [7, 11) is -3.31. The third-order valence-corrected chi connectivity index (χ3v) is 8.63. The molecule has 2 saturated heterocycles. The molecule has 4 rings (SSSR count). The minimum absolute atomic E-state index is 0.0362. The summed E-state index contributed by atoms with van der Waals surface area (Å²) < 4.78 is 80.9. The minimum Gasteiger partial charge on any atom is -0.351 e. The molecule has 0 unspecified atom stereocenters. The molecule has 196 valence electrons. The van der Waals surface area contributed by atoms with Crippen molar-refractivity contribution in [2.75, 3.05) is 37.8 Å². The molecule has 0 aromatic carbocycles. The maximum Gasteiger partial charge on any atom is 0.434 e. The van der Waals surface area contributed by atoms with Crippen molar-refractivity contribution in [3.8, 4) is 16.6 Å². The molecule has 2 aromatic heterocycles. The van der Waals surface area contributed by atoms with Crippen LogP contribution in [0, 0.1) is 23.1 Å². The Balaban J connectivity index is 1.54. The first-order valence-electron chi connectivity index (χ1n) is 11.4. The number of piperidine rings is 2. The van der Waals surface area contributed by atoms with Gasteiger partial charge in [0, 0.05) is 25.0 Å². The molecule has 9 nitrogen and oxygen atoms in total. The van der Waals surface area contributed by atoms with Crippen molar-refractivity contribution >= 4 is 27.3 Å². The number of sulfonamides is 1. The van der Waals surface area contributed by atoms with Gasteiger partial charge in [-0.15, -0.1) is 11.3 Å². The molecular formula is C21H25F4N7O2S2. The standard InChI is InChI=1S/C21H25F4N7O2S2/c1-36(33,34)32-8-4-14(5-9-32)28-20-27-11-15(22)17(30-20)18-19(21(23,24)25)29-16(35-18)12-31-6-2-13(10-26)3-7-31/h11,13-14H,2-9,12H2,1H3,(H,27,28,30). The summed E-state index contributed by atoms with van der Waals surface area (Å²) in [6.07, 6.45) is -0.677. The Morgan fingerprint density at radius 2 is 1.83 bits per heavy atom. The Hall–Kier alpha value is -2.41. The number of halogens is 4. The molecule has 2 fully saturated rings. The molecule has 4 heterocycles. The van der Waals surface area contributed by atoms with Gasteiger partial charge in [0.05, 0.1) is 29.9 Å². The normalized spacial score (nSPS) is 19.3. The van der Waals surface area contributed by atoms with E-state index in [1.165, 1.54) is 4.31 Å². The highest BCUT2D eigenvalue weighted by Gasteiger charge is 2.39. The predicted molar refractivity (Wildman–Crippen MR) is 125 cm³/mol. The van der Waals surface area contributed by atoms with Crippen molar-refractivity contribution in [2.45, 2.75) is 44.4 Å². The Morgan fingerprint density at radius 3 is 2.42 bits per heavy atom. The number of alkyl halides is 3. The van der Waals surface area contributed by atoms with Crippen LogP contribution in [0.3, 0.4) is 0 Å². The van der Waals surface area contributed by atoms with Crippen molar-refractivity contribution in [2.24, 2.45) is 5.92 Å². The molecule has 0 saturated carbocycles. The highest BCUT2D eigenvalue weighted by molar-refractivity contribution is 7.88. The van der Waals surface area contributed by atoms with Crippen LogP contribution in [-0.2, 0) is 22.7 Å². The molecule has 0 atom stereocenters. The maximum atomic E-state index is 14.7. The molecule has 2 aromatic rings. The second-order valence-electron chi connectivity index (χ2n) is 8.93. The van der Waals surface area contributed by atoms with Crippen LogP contribution in [0.2, 0.25) is 0 Å². The van der Waals surface area contributed by atoms with Gasteiger partial charge in [-0.3, -0.25) is 4.90 Å². The third-order valence-electron chi connectivity index (χ3n) is 6.28. The summed E-state index contributed by atoms with van der Waals surface area (Å²) in [5, 5.41) is 12.2. The molecular weight excluding hydrogens is 522 g/mol. The molecule has 0 aliphatic carbocycles. The number of nitrogens with one attached hydrogen (secondary N) is 1. The van der Waals surface area contributed by atoms with Crippen molar-refractivity contribution < 1.29 is 26.0 Å². The number of thiazole rings is 1. The Bertz CT molecular complexity index is 1230. The number of rotatable bonds is 6. The van der Waals surface area contributed by atoms with Crippen molar-refractivity contribution in [3.05, 3.63) is 22.7 Å². The Labute approximate surface area is 210 Å². The van der Waals surface area contributed by atoms with Gasteiger partial charge >= 0.3 is 6.18 Å². The lowest BCUT2D eigenvalue weighted by Gasteiger charge is -2.30. The summed E-state index contributed by atoms with van der Waals surface area (Å²) in [6.45, 7) is 1.88. The van der Waals surface area contributed by atoms with Gasteiger partial charge in [-0.05, 0) is 38.8 Å². The quantitative estimate of drug-likeness (QED) is 0.548. The Morgan fingerprint density at radius 1 is 1.17 bits per heavy atom. The van der Waals surface area contributed by atoms with E-state index in [0.717, 1.165) is 23.8 Å². The smallest absolute Gasteiger partial charge is 0.351 e. The lowest BCUT2D eigenvalue weighted by molar-refractivity contribution is -0.140. The molecule has 0 amide bonds. The maximum absolute atomic E-state index is 14.7. The van der Waals surface area contributed by atoms with E-state index in [1.54, 1.807) is 0 Å². The van der Waals surface area contributed by atoms with E-state index >= 15 is 0 Å². The SMILES string of the molecule is CS(=O)(=O)N1CCC(Nc2ncc(F)c(-c3sc(CN4CCC(C#N)CC4)nc3C(F)(F)F)n2)CC1. The van der Waals surface area contributed by atoms with Gasteiger partial charge in [-0.1, -0.05) is 0 Å². The molecule has 36 heavy (non-hydrogen) atoms. The number of likely N-dealkylation sites (tertiary alicyclic amines) is 1. The highest BCUT2D eigenvalue weighted by atomic mass is 32.2. The molecule has 15 heteroatoms. The fourth-order valence-corrected chi connectivity index (χ4v) is 6.30. The van der Waals surface area contributed by atoms with Gasteiger partial charge in [-0.2, -0.15) is 18.4 Å². The van der Waals surface area contributed by atoms with Crippen LogP contribution in [0.4, 0.5) is 23.5 Å². The van der Waals surface area contributed by atoms with E-state index in [1.807, 2.05) is 4.90 Å². The van der Waals surface area contributed by atoms with Gasteiger partial charge in [0.25, 0.3) is 0 Å². The van der Waals surface area contributed by atoms with Gasteiger partial charge in [0.2, 0.25) is 16.0 Å². The topological polar surface area (TPSA) is 115 Å². The summed E-state index contributed by atoms with van der Waals surface area (Å²) in [6, 6.07) is 2.00. The van der Waals surface area contributed by atoms with Crippen molar-refractivity contribution in [1.29, 1.82) is 5.26 Å². The van der Waals surface area contributed by atoms with Crippen LogP contribution in [-0.4, -0.2) is 71.1 Å². The zero-order chi connectivity index (χ0) is 26.1. The van der Waals surface area contributed by atoms with Crippen LogP contribution in [0.25, 0.3) is 10.6 Å². The zero-order valence-electron chi connectivity index (χ0n) is 19.4. The number of hydrogen-bond donors (Lipinski definition) is 1. The number of nitriles is 1. The van der Waals surface area contributed by atoms with E-state index in [2.05, 4.69) is 26.3 Å². The molecule has 0 bridgehead atoms. The average Bonchev–Trinajstić information content (AvgIpc) is 3.25. The molecule has 2 aliphatic heterocycles. The zero-order valence-corrected chi connectivity index (χ0v) is 21.1. The number of aromatic nitrogens is 3. The third kappa shape index (κ3) is 6.28. The first kappa shape index (κ1) is 26.6. The highest BCUT2D eigenvalue weighted by Crippen LogP contribution is 2.41. The van der Waals surface area contributed by atoms with Gasteiger partial charge in [0.1, 0.15) is 10.7 Å². The molecule has 1 N–H and O–H groups in total. The molecule has 0 radical (unpaired) electrons. The second kappa shape index (κ2) is 10.5. The van der Waals surface area contributed by atoms with Crippen LogP contribution < -0.4 is 5.32 Å². The van der Waals surface area contributed by atoms with Gasteiger partial charge in [0.15, 0.2) is 11.5 Å². The first-order valence-corrected chi connectivity index (χ1v) is 14.0. The van der Waals surface area contributed by atoms with Crippen LogP contribution in [0.5, 0.6) is 0 Å². The van der Waals surface area contributed by atoms with E-state index in [-0.39, 0.29) is 42.5 Å². The predicted octanol–water partition coefficient (Wildman–Crippen LogP) is 3.33. The van der Waals surface area contributed by atoms with E-state index < -0.39 is 38.3 Å². The number of nitrogens with zero attached hydrogens (tertiary/aromatic N) is 6. The van der Waals surface area contributed by atoms with Crippen LogP contribution >= 0.6 is 11.3 Å². The van der Waals surface area contributed by atoms with E-state index in [0.29, 0.717) is 38.8 Å². The second-order valence-corrected chi connectivity index (χ2v) is 12.0. The van der Waals surface area contributed by atoms with Crippen LogP contribution in [0.1, 0.15) is 36.4 Å². The number of hydrogen-bond acceptors (Lipinski definition) is 9. The van der Waals surface area contributed by atoms with Gasteiger partial charge < -0.3 is 5.32 Å². The number of anilines is 1. The summed E-state index contributed by atoms with van der Waals surface area (Å²) in [5.74, 6) is -1.09. The van der Waals surface area contributed by atoms with Crippen molar-refractivity contribution in [1.82, 2.24) is 24.2 Å². The Kier molecular flexibility index (Phi) is 7.79. The summed E-state index contributed by atoms with van der Waals surface area (Å²) in [4.78, 5) is 13.2. The van der Waals surface area contributed by atoms with Gasteiger partial charge in [-0.25, -0.2) is 32.1 Å². The first-order chi connectivity index (χ1) is 16.9. The minimum atomic E-state index is -4.80.